The van der Waals surface area contributed by atoms with Gasteiger partial charge in [0.1, 0.15) is 34.0 Å². The first-order valence-electron chi connectivity index (χ1n) is 15.8. The van der Waals surface area contributed by atoms with Crippen molar-refractivity contribution in [1.29, 1.82) is 0 Å². The Morgan fingerprint density at radius 2 is 1.49 bits per heavy atom. The third kappa shape index (κ3) is 12.3. The van der Waals surface area contributed by atoms with E-state index in [1.165, 1.54) is 0 Å². The molecule has 0 spiro atoms. The van der Waals surface area contributed by atoms with Gasteiger partial charge in [0.25, 0.3) is 0 Å². The number of carbonyl (C=O) groups is 2. The van der Waals surface area contributed by atoms with E-state index in [2.05, 4.69) is 53.1 Å². The number of rotatable bonds is 21. The number of hydrogen-bond acceptors (Lipinski definition) is 9. The van der Waals surface area contributed by atoms with E-state index >= 15 is 0 Å². The van der Waals surface area contributed by atoms with Crippen LogP contribution in [0.5, 0.6) is 0 Å². The molecule has 0 bridgehead atoms. The number of carbonyl (C=O) groups excluding carboxylic acids is 6. The number of aliphatic hydroxyl groups excluding tert-OH is 1. The van der Waals surface area contributed by atoms with Crippen LogP contribution in [0, 0.1) is 5.92 Å². The van der Waals surface area contributed by atoms with Crippen LogP contribution in [0.4, 0.5) is 10.5 Å². The first kappa shape index (κ1) is 41.0. The zero-order valence-corrected chi connectivity index (χ0v) is 30.7. The highest BCUT2D eigenvalue weighted by Gasteiger charge is 2.26. The van der Waals surface area contributed by atoms with Crippen molar-refractivity contribution in [2.75, 3.05) is 11.9 Å². The summed E-state index contributed by atoms with van der Waals surface area (Å²) in [5.74, 6) is 7.13. The normalized spacial score (nSPS) is 11.7. The smallest absolute Gasteiger partial charge is 0.312 e. The molecule has 0 saturated heterocycles. The van der Waals surface area contributed by atoms with Crippen LogP contribution >= 0.6 is 31.9 Å². The van der Waals surface area contributed by atoms with E-state index in [-0.39, 0.29) is 49.2 Å². The van der Waals surface area contributed by atoms with E-state index in [4.69, 9.17) is 5.73 Å². The van der Waals surface area contributed by atoms with Crippen LogP contribution in [-0.2, 0) is 47.8 Å². The molecular formula is C34H42Br2N6O7. The number of nitrogens with one attached hydrogen (secondary N) is 4. The van der Waals surface area contributed by atoms with Crippen molar-refractivity contribution in [2.45, 2.75) is 88.3 Å². The molecule has 0 saturated carbocycles. The number of amides is 3. The van der Waals surface area contributed by atoms with Gasteiger partial charge >= 0.3 is 6.03 Å². The van der Waals surface area contributed by atoms with Crippen molar-refractivity contribution in [1.82, 2.24) is 20.5 Å². The fourth-order valence-electron chi connectivity index (χ4n) is 5.23. The molecule has 0 fully saturated rings. The third-order valence-corrected chi connectivity index (χ3v) is 8.92. The minimum Gasteiger partial charge on any atom is -0.392 e. The quantitative estimate of drug-likeness (QED) is 0.0614. The number of aromatic nitrogens is 1. The SMILES string of the molecule is CC(C)C(NC(=O)CCCCCn1c(=C=O)c(CBr)c(CBr)c1=C=O)C(=C=O)NC(CCCNC(N)=O)C(=C=O)Nc1ccc(CO)cc1. The molecule has 1 heterocycles. The average molecular weight is 807 g/mol. The predicted molar refractivity (Wildman–Crippen MR) is 192 cm³/mol. The third-order valence-electron chi connectivity index (χ3n) is 7.80. The van der Waals surface area contributed by atoms with Crippen molar-refractivity contribution in [3.05, 3.63) is 63.0 Å². The molecule has 2 rings (SSSR count). The van der Waals surface area contributed by atoms with Crippen molar-refractivity contribution in [3.63, 3.8) is 0 Å². The Morgan fingerprint density at radius 3 is 1.98 bits per heavy atom. The topological polar surface area (TPSA) is 202 Å². The number of primary amides is 1. The van der Waals surface area contributed by atoms with E-state index in [9.17, 15) is 33.9 Å². The van der Waals surface area contributed by atoms with Gasteiger partial charge < -0.3 is 36.7 Å². The summed E-state index contributed by atoms with van der Waals surface area (Å²) in [6.45, 7) is 4.11. The Hall–Kier alpha value is -4.18. The summed E-state index contributed by atoms with van der Waals surface area (Å²) < 4.78 is 1.61. The first-order chi connectivity index (χ1) is 23.6. The molecule has 2 unspecified atom stereocenters. The summed E-state index contributed by atoms with van der Waals surface area (Å²) in [4.78, 5) is 72.0. The lowest BCUT2D eigenvalue weighted by Crippen LogP contribution is -2.47. The highest BCUT2D eigenvalue weighted by molar-refractivity contribution is 9.09. The van der Waals surface area contributed by atoms with Crippen molar-refractivity contribution < 1.29 is 33.9 Å². The molecule has 0 aliphatic heterocycles. The number of nitrogens with two attached hydrogens (primary N) is 1. The first-order valence-corrected chi connectivity index (χ1v) is 18.0. The van der Waals surface area contributed by atoms with Gasteiger partial charge in [-0.1, -0.05) is 64.3 Å². The molecule has 1 aromatic carbocycles. The minimum absolute atomic E-state index is 0.0365. The van der Waals surface area contributed by atoms with Gasteiger partial charge in [0.15, 0.2) is 11.9 Å². The van der Waals surface area contributed by atoms with E-state index in [0.717, 1.165) is 0 Å². The average Bonchev–Trinajstić information content (AvgIpc) is 3.40. The lowest BCUT2D eigenvalue weighted by Gasteiger charge is -2.28. The maximum atomic E-state index is 13.0. The number of anilines is 1. The summed E-state index contributed by atoms with van der Waals surface area (Å²) in [6, 6.07) is 4.52. The van der Waals surface area contributed by atoms with E-state index in [1.807, 2.05) is 37.6 Å². The number of urea groups is 1. The predicted octanol–water partition coefficient (Wildman–Crippen LogP) is 1.43. The Kier molecular flexibility index (Phi) is 18.2. The lowest BCUT2D eigenvalue weighted by atomic mass is 9.99. The molecule has 13 nitrogen and oxygen atoms in total. The second kappa shape index (κ2) is 21.7. The van der Waals surface area contributed by atoms with Crippen LogP contribution in [-0.4, -0.2) is 64.0 Å². The molecule has 2 atom stereocenters. The van der Waals surface area contributed by atoms with Crippen LogP contribution in [0.15, 0.2) is 35.7 Å². The zero-order chi connectivity index (χ0) is 36.3. The molecule has 7 N–H and O–H groups in total. The summed E-state index contributed by atoms with van der Waals surface area (Å²) >= 11 is 6.74. The number of nitrogens with zero attached hydrogens (tertiary/aromatic N) is 1. The number of benzene rings is 1. The Morgan fingerprint density at radius 1 is 0.878 bits per heavy atom. The molecule has 1 aromatic heterocycles. The van der Waals surface area contributed by atoms with E-state index in [1.54, 1.807) is 28.8 Å². The molecule has 0 aliphatic carbocycles. The van der Waals surface area contributed by atoms with Gasteiger partial charge in [0.05, 0.1) is 18.7 Å². The van der Waals surface area contributed by atoms with Gasteiger partial charge in [-0.2, -0.15) is 0 Å². The Balaban J connectivity index is 2.11. The molecule has 0 radical (unpaired) electrons. The fraction of sp³-hybridized carbons (Fsp3) is 0.471. The van der Waals surface area contributed by atoms with Gasteiger partial charge in [-0.15, -0.1) is 0 Å². The highest BCUT2D eigenvalue weighted by atomic mass is 79.9. The van der Waals surface area contributed by atoms with E-state index < -0.39 is 18.1 Å². The van der Waals surface area contributed by atoms with Crippen LogP contribution < -0.4 is 37.7 Å². The maximum Gasteiger partial charge on any atom is 0.312 e. The second-order valence-corrected chi connectivity index (χ2v) is 12.6. The van der Waals surface area contributed by atoms with Gasteiger partial charge in [-0.3, -0.25) is 4.79 Å². The molecule has 0 aliphatic rings. The molecule has 3 amide bonds. The van der Waals surface area contributed by atoms with Gasteiger partial charge in [0.2, 0.25) is 5.91 Å². The fourth-order valence-corrected chi connectivity index (χ4v) is 6.44. The largest absolute Gasteiger partial charge is 0.392 e. The maximum absolute atomic E-state index is 13.0. The zero-order valence-electron chi connectivity index (χ0n) is 27.5. The monoisotopic (exact) mass is 804 g/mol. The minimum atomic E-state index is -0.773. The van der Waals surface area contributed by atoms with Gasteiger partial charge in [-0.25, -0.2) is 24.0 Å². The van der Waals surface area contributed by atoms with Crippen LogP contribution in [0.1, 0.15) is 69.1 Å². The number of unbranched alkanes of at least 4 members (excludes halogenated alkanes) is 2. The number of hydrogen-bond donors (Lipinski definition) is 6. The van der Waals surface area contributed by atoms with Gasteiger partial charge in [-0.05, 0) is 49.3 Å². The summed E-state index contributed by atoms with van der Waals surface area (Å²) in [7, 11) is 0. The van der Waals surface area contributed by atoms with Gasteiger partial charge in [0, 0.05) is 47.0 Å². The van der Waals surface area contributed by atoms with Crippen LogP contribution in [0.2, 0.25) is 0 Å². The Bertz CT molecular complexity index is 1660. The van der Waals surface area contributed by atoms with Crippen molar-refractivity contribution in [2.24, 2.45) is 11.7 Å². The number of halogens is 2. The van der Waals surface area contributed by atoms with Crippen LogP contribution in [0.25, 0.3) is 0 Å². The highest BCUT2D eigenvalue weighted by Crippen LogP contribution is 2.18. The molecule has 264 valence electrons. The lowest BCUT2D eigenvalue weighted by molar-refractivity contribution is -0.122. The van der Waals surface area contributed by atoms with E-state index in [0.29, 0.717) is 76.0 Å². The van der Waals surface area contributed by atoms with Crippen LogP contribution in [0.3, 0.4) is 0 Å². The molecular weight excluding hydrogens is 764 g/mol. The molecule has 2 aromatic rings. The van der Waals surface area contributed by atoms with Crippen molar-refractivity contribution >= 4 is 73.3 Å². The Labute approximate surface area is 301 Å². The summed E-state index contributed by atoms with van der Waals surface area (Å²) in [5.41, 5.74) is 7.89. The second-order valence-electron chi connectivity index (χ2n) is 11.5. The number of alkyl halides is 2. The molecule has 49 heavy (non-hydrogen) atoms. The standard InChI is InChI=1S/C34H42Br2N6O7/c1-22(2)33(41-32(48)8-4-3-5-14-42-30(20-46)25(15-35)26(16-36)31(42)21-47)29(19-45)40-27(7-6-13-38-34(37)49)28(18-44)39-24-11-9-23(17-43)10-12-24/h9-12,22,27,33,39-40,43H,3-8,13-17H2,1-2H3,(H,41,48)(H3,37,38,49). The molecule has 15 heteroatoms. The summed E-state index contributed by atoms with van der Waals surface area (Å²) in [6.07, 6.45) is 2.54. The summed E-state index contributed by atoms with van der Waals surface area (Å²) in [5, 5.41) is 22.2. The number of aliphatic hydroxyl groups is 1. The van der Waals surface area contributed by atoms with Crippen molar-refractivity contribution in [3.8, 4) is 0 Å².